The van der Waals surface area contributed by atoms with Crippen molar-refractivity contribution in [3.8, 4) is 0 Å². The maximum atomic E-state index is 12.6. The zero-order valence-corrected chi connectivity index (χ0v) is 11.9. The molecule has 1 amide bonds. The number of hydrogen-bond acceptors (Lipinski definition) is 3. The van der Waals surface area contributed by atoms with Crippen LogP contribution in [0.5, 0.6) is 0 Å². The first-order chi connectivity index (χ1) is 9.14. The number of amides is 1. The lowest BCUT2D eigenvalue weighted by atomic mass is 9.98. The molecule has 8 heteroatoms. The fourth-order valence-electron chi connectivity index (χ4n) is 2.00. The lowest BCUT2D eigenvalue weighted by Crippen LogP contribution is -2.48. The summed E-state index contributed by atoms with van der Waals surface area (Å²) in [5.74, 6) is -2.19. The molecule has 1 aliphatic rings. The van der Waals surface area contributed by atoms with Gasteiger partial charge < -0.3 is 5.11 Å². The second-order valence-electron chi connectivity index (χ2n) is 4.45. The highest BCUT2D eigenvalue weighted by Crippen LogP contribution is 2.38. The van der Waals surface area contributed by atoms with E-state index in [1.54, 1.807) is 12.1 Å². The summed E-state index contributed by atoms with van der Waals surface area (Å²) >= 11 is 3.19. The van der Waals surface area contributed by atoms with Crippen molar-refractivity contribution in [1.29, 1.82) is 0 Å². The van der Waals surface area contributed by atoms with Crippen LogP contribution in [0.2, 0.25) is 0 Å². The van der Waals surface area contributed by atoms with Gasteiger partial charge in [-0.15, -0.1) is 0 Å². The number of nitrogens with zero attached hydrogens (tertiary/aromatic N) is 2. The number of hydrogen-bond donors (Lipinski definition) is 1. The second kappa shape index (κ2) is 4.85. The molecule has 1 N–H and O–H groups in total. The summed E-state index contributed by atoms with van der Waals surface area (Å²) in [5, 5.41) is 14.1. The predicted molar refractivity (Wildman–Crippen MR) is 68.7 cm³/mol. The molecular weight excluding hydrogens is 341 g/mol. The molecule has 1 aliphatic heterocycles. The Hall–Kier alpha value is -1.41. The smallest absolute Gasteiger partial charge is 0.365 e. The van der Waals surface area contributed by atoms with Crippen LogP contribution in [0.25, 0.3) is 0 Å². The summed E-state index contributed by atoms with van der Waals surface area (Å²) in [6, 6.07) is 6.01. The van der Waals surface area contributed by atoms with Gasteiger partial charge in [-0.2, -0.15) is 23.3 Å². The molecule has 108 valence electrons. The summed E-state index contributed by atoms with van der Waals surface area (Å²) in [6.07, 6.45) is -5.27. The van der Waals surface area contributed by atoms with E-state index in [0.717, 1.165) is 0 Å². The average Bonchev–Trinajstić information content (AvgIpc) is 2.64. The molecule has 0 fully saturated rings. The maximum absolute atomic E-state index is 12.6. The topological polar surface area (TPSA) is 52.9 Å². The molecule has 1 unspecified atom stereocenters. The monoisotopic (exact) mass is 350 g/mol. The van der Waals surface area contributed by atoms with Gasteiger partial charge in [0.25, 0.3) is 0 Å². The Kier molecular flexibility index (Phi) is 3.64. The van der Waals surface area contributed by atoms with Crippen LogP contribution in [0.1, 0.15) is 18.9 Å². The van der Waals surface area contributed by atoms with E-state index in [4.69, 9.17) is 0 Å². The van der Waals surface area contributed by atoms with Gasteiger partial charge in [-0.25, -0.2) is 0 Å². The quantitative estimate of drug-likeness (QED) is 0.846. The number of benzene rings is 1. The largest absolute Gasteiger partial charge is 0.473 e. The zero-order valence-electron chi connectivity index (χ0n) is 10.3. The Labute approximate surface area is 121 Å². The van der Waals surface area contributed by atoms with Crippen LogP contribution in [0, 0.1) is 0 Å². The highest BCUT2D eigenvalue weighted by Gasteiger charge is 2.53. The Morgan fingerprint density at radius 2 is 1.95 bits per heavy atom. The van der Waals surface area contributed by atoms with Gasteiger partial charge in [0.2, 0.25) is 0 Å². The van der Waals surface area contributed by atoms with E-state index in [0.29, 0.717) is 4.47 Å². The lowest BCUT2D eigenvalue weighted by molar-refractivity contribution is -0.206. The lowest BCUT2D eigenvalue weighted by Gasteiger charge is -2.31. The van der Waals surface area contributed by atoms with E-state index in [9.17, 15) is 23.1 Å². The van der Waals surface area contributed by atoms with Crippen molar-refractivity contribution in [3.63, 3.8) is 0 Å². The predicted octanol–water partition coefficient (Wildman–Crippen LogP) is 2.76. The van der Waals surface area contributed by atoms with E-state index < -0.39 is 17.8 Å². The van der Waals surface area contributed by atoms with Crippen molar-refractivity contribution in [3.05, 3.63) is 34.3 Å². The number of halogens is 4. The third kappa shape index (κ3) is 2.57. The van der Waals surface area contributed by atoms with Gasteiger partial charge in [0.1, 0.15) is 0 Å². The van der Waals surface area contributed by atoms with Gasteiger partial charge in [0, 0.05) is 22.2 Å². The van der Waals surface area contributed by atoms with E-state index in [1.807, 2.05) is 0 Å². The number of carbonyl (C=O) groups is 1. The molecule has 1 heterocycles. The van der Waals surface area contributed by atoms with Crippen molar-refractivity contribution in [2.75, 3.05) is 0 Å². The fraction of sp³-hybridized carbons (Fsp3) is 0.333. The highest BCUT2D eigenvalue weighted by molar-refractivity contribution is 9.10. The third-order valence-corrected chi connectivity index (χ3v) is 3.39. The molecule has 0 aromatic heterocycles. The van der Waals surface area contributed by atoms with Gasteiger partial charge in [-0.1, -0.05) is 28.1 Å². The van der Waals surface area contributed by atoms with Gasteiger partial charge in [-0.3, -0.25) is 4.79 Å². The van der Waals surface area contributed by atoms with E-state index >= 15 is 0 Å². The van der Waals surface area contributed by atoms with Crippen LogP contribution < -0.4 is 0 Å². The number of carbonyl (C=O) groups excluding carboxylic acids is 1. The number of aliphatic hydroxyl groups is 1. The molecular formula is C12H10BrF3N2O2. The standard InChI is InChI=1S/C12H10BrF3N2O2/c1-7-6-11(20,8-2-4-9(13)5-3-8)18(17-7)10(19)12(14,15)16/h2-5,20H,6H2,1H3. The first-order valence-electron chi connectivity index (χ1n) is 5.58. The van der Waals surface area contributed by atoms with Gasteiger partial charge in [-0.05, 0) is 19.1 Å². The van der Waals surface area contributed by atoms with Crippen molar-refractivity contribution in [1.82, 2.24) is 5.01 Å². The summed E-state index contributed by atoms with van der Waals surface area (Å²) in [5.41, 5.74) is -1.70. The average molecular weight is 351 g/mol. The second-order valence-corrected chi connectivity index (χ2v) is 5.37. The molecule has 20 heavy (non-hydrogen) atoms. The molecule has 0 saturated carbocycles. The van der Waals surface area contributed by atoms with Crippen LogP contribution in [-0.2, 0) is 10.5 Å². The molecule has 0 aliphatic carbocycles. The van der Waals surface area contributed by atoms with Crippen LogP contribution in [0.15, 0.2) is 33.8 Å². The zero-order chi connectivity index (χ0) is 15.1. The normalized spacial score (nSPS) is 22.9. The molecule has 1 aromatic carbocycles. The minimum atomic E-state index is -5.10. The van der Waals surface area contributed by atoms with E-state index in [1.165, 1.54) is 19.1 Å². The minimum absolute atomic E-state index is 0.103. The first-order valence-corrected chi connectivity index (χ1v) is 6.38. The minimum Gasteiger partial charge on any atom is -0.365 e. The first kappa shape index (κ1) is 15.0. The van der Waals surface area contributed by atoms with Crippen molar-refractivity contribution < 1.29 is 23.1 Å². The van der Waals surface area contributed by atoms with Crippen molar-refractivity contribution in [2.24, 2.45) is 5.10 Å². The van der Waals surface area contributed by atoms with E-state index in [2.05, 4.69) is 21.0 Å². The van der Waals surface area contributed by atoms with Crippen LogP contribution >= 0.6 is 15.9 Å². The van der Waals surface area contributed by atoms with E-state index in [-0.39, 0.29) is 22.7 Å². The Morgan fingerprint density at radius 1 is 1.40 bits per heavy atom. The Morgan fingerprint density at radius 3 is 2.45 bits per heavy atom. The number of hydrazone groups is 1. The number of rotatable bonds is 1. The molecule has 1 atom stereocenters. The Balaban J connectivity index is 2.44. The maximum Gasteiger partial charge on any atom is 0.473 e. The summed E-state index contributed by atoms with van der Waals surface area (Å²) < 4.78 is 38.4. The molecule has 0 radical (unpaired) electrons. The molecule has 1 aromatic rings. The highest BCUT2D eigenvalue weighted by atomic mass is 79.9. The molecule has 4 nitrogen and oxygen atoms in total. The van der Waals surface area contributed by atoms with Gasteiger partial charge in [0.15, 0.2) is 5.72 Å². The summed E-state index contributed by atoms with van der Waals surface area (Å²) in [6.45, 7) is 1.45. The SMILES string of the molecule is CC1=NN(C(=O)C(F)(F)F)C(O)(c2ccc(Br)cc2)C1. The number of alkyl halides is 3. The third-order valence-electron chi connectivity index (χ3n) is 2.86. The Bertz CT molecular complexity index is 571. The fourth-order valence-corrected chi connectivity index (χ4v) is 2.26. The molecule has 0 spiro atoms. The summed E-state index contributed by atoms with van der Waals surface area (Å²) in [4.78, 5) is 11.4. The van der Waals surface area contributed by atoms with Crippen molar-refractivity contribution in [2.45, 2.75) is 25.2 Å². The van der Waals surface area contributed by atoms with Crippen LogP contribution in [-0.4, -0.2) is 27.9 Å². The molecule has 0 bridgehead atoms. The van der Waals surface area contributed by atoms with Gasteiger partial charge >= 0.3 is 12.1 Å². The summed E-state index contributed by atoms with van der Waals surface area (Å²) in [7, 11) is 0. The van der Waals surface area contributed by atoms with Crippen molar-refractivity contribution >= 4 is 27.5 Å². The van der Waals surface area contributed by atoms with Crippen LogP contribution in [0.4, 0.5) is 13.2 Å². The molecule has 0 saturated heterocycles. The van der Waals surface area contributed by atoms with Crippen LogP contribution in [0.3, 0.4) is 0 Å². The molecule has 2 rings (SSSR count). The van der Waals surface area contributed by atoms with Gasteiger partial charge in [0.05, 0.1) is 0 Å².